The summed E-state index contributed by atoms with van der Waals surface area (Å²) >= 11 is 0. The molecule has 1 saturated heterocycles. The minimum absolute atomic E-state index is 0.0543. The summed E-state index contributed by atoms with van der Waals surface area (Å²) in [4.78, 5) is 25.8. The third-order valence-electron chi connectivity index (χ3n) is 3.62. The van der Waals surface area contributed by atoms with E-state index in [2.05, 4.69) is 0 Å². The predicted octanol–water partition coefficient (Wildman–Crippen LogP) is 0.761. The second kappa shape index (κ2) is 6.17. The fourth-order valence-corrected chi connectivity index (χ4v) is 2.86. The molecule has 6 heteroatoms. The lowest BCUT2D eigenvalue weighted by atomic mass is 9.96. The van der Waals surface area contributed by atoms with Crippen LogP contribution in [0, 0.1) is 5.92 Å². The van der Waals surface area contributed by atoms with Gasteiger partial charge in [-0.2, -0.15) is 0 Å². The number of benzene rings is 1. The molecule has 1 aliphatic heterocycles. The van der Waals surface area contributed by atoms with Crippen LogP contribution in [0.2, 0.25) is 0 Å². The van der Waals surface area contributed by atoms with E-state index in [4.69, 9.17) is 5.73 Å². The molecule has 1 unspecified atom stereocenters. The standard InChI is InChI=1S/C14H18N2O3S/c1-20(19)12-4-2-11(3-5-12)14(18)16-8-6-10(7-9-16)13(15)17/h2-5,10H,6-9H2,1H3,(H2,15,17). The van der Waals surface area contributed by atoms with E-state index in [0.29, 0.717) is 36.4 Å². The largest absolute Gasteiger partial charge is 0.369 e. The van der Waals surface area contributed by atoms with E-state index >= 15 is 0 Å². The van der Waals surface area contributed by atoms with E-state index in [9.17, 15) is 13.8 Å². The minimum Gasteiger partial charge on any atom is -0.369 e. The van der Waals surface area contributed by atoms with Crippen molar-refractivity contribution in [3.8, 4) is 0 Å². The molecule has 108 valence electrons. The molecule has 0 saturated carbocycles. The zero-order chi connectivity index (χ0) is 14.7. The van der Waals surface area contributed by atoms with Crippen molar-refractivity contribution < 1.29 is 13.8 Å². The molecule has 1 heterocycles. The summed E-state index contributed by atoms with van der Waals surface area (Å²) in [6.07, 6.45) is 2.85. The number of nitrogens with two attached hydrogens (primary N) is 1. The van der Waals surface area contributed by atoms with Crippen molar-refractivity contribution in [2.75, 3.05) is 19.3 Å². The fourth-order valence-electron chi connectivity index (χ4n) is 2.34. The maximum Gasteiger partial charge on any atom is 0.253 e. The number of likely N-dealkylation sites (tertiary alicyclic amines) is 1. The van der Waals surface area contributed by atoms with E-state index < -0.39 is 10.8 Å². The van der Waals surface area contributed by atoms with Crippen LogP contribution in [0.15, 0.2) is 29.2 Å². The highest BCUT2D eigenvalue weighted by molar-refractivity contribution is 7.84. The Kier molecular flexibility index (Phi) is 4.54. The van der Waals surface area contributed by atoms with Crippen LogP contribution in [0.3, 0.4) is 0 Å². The van der Waals surface area contributed by atoms with Gasteiger partial charge >= 0.3 is 0 Å². The summed E-state index contributed by atoms with van der Waals surface area (Å²) in [6.45, 7) is 1.10. The molecule has 0 aliphatic carbocycles. The molecule has 0 spiro atoms. The zero-order valence-corrected chi connectivity index (χ0v) is 12.2. The molecule has 2 rings (SSSR count). The molecular weight excluding hydrogens is 276 g/mol. The molecule has 0 radical (unpaired) electrons. The summed E-state index contributed by atoms with van der Waals surface area (Å²) in [5, 5.41) is 0. The molecule has 0 bridgehead atoms. The van der Waals surface area contributed by atoms with Gasteiger partial charge in [0.25, 0.3) is 5.91 Å². The maximum absolute atomic E-state index is 12.3. The summed E-state index contributed by atoms with van der Waals surface area (Å²) in [5.41, 5.74) is 5.85. The Labute approximate surface area is 120 Å². The van der Waals surface area contributed by atoms with E-state index in [1.165, 1.54) is 0 Å². The third kappa shape index (κ3) is 3.25. The highest BCUT2D eigenvalue weighted by Gasteiger charge is 2.26. The number of carbonyl (C=O) groups excluding carboxylic acids is 2. The van der Waals surface area contributed by atoms with Gasteiger partial charge in [0.2, 0.25) is 5.91 Å². The van der Waals surface area contributed by atoms with Crippen LogP contribution in [-0.4, -0.2) is 40.3 Å². The first-order valence-corrected chi connectivity index (χ1v) is 8.07. The van der Waals surface area contributed by atoms with Crippen LogP contribution in [-0.2, 0) is 15.6 Å². The summed E-state index contributed by atoms with van der Waals surface area (Å²) in [6, 6.07) is 6.80. The van der Waals surface area contributed by atoms with E-state index in [1.807, 2.05) is 0 Å². The molecule has 1 fully saturated rings. The Morgan fingerprint density at radius 3 is 2.20 bits per heavy atom. The lowest BCUT2D eigenvalue weighted by Crippen LogP contribution is -2.41. The highest BCUT2D eigenvalue weighted by Crippen LogP contribution is 2.19. The molecule has 0 aromatic heterocycles. The number of rotatable bonds is 3. The van der Waals surface area contributed by atoms with E-state index in [1.54, 1.807) is 35.4 Å². The van der Waals surface area contributed by atoms with Gasteiger partial charge in [-0.3, -0.25) is 13.8 Å². The average molecular weight is 294 g/mol. The lowest BCUT2D eigenvalue weighted by molar-refractivity contribution is -0.123. The third-order valence-corrected chi connectivity index (χ3v) is 4.55. The number of primary amides is 1. The number of nitrogens with zero attached hydrogens (tertiary/aromatic N) is 1. The monoisotopic (exact) mass is 294 g/mol. The Hall–Kier alpha value is -1.69. The van der Waals surface area contributed by atoms with Crippen LogP contribution in [0.1, 0.15) is 23.2 Å². The number of hydrogen-bond donors (Lipinski definition) is 1. The molecule has 1 aromatic carbocycles. The van der Waals surface area contributed by atoms with Crippen molar-refractivity contribution in [3.05, 3.63) is 29.8 Å². The SMILES string of the molecule is CS(=O)c1ccc(C(=O)N2CCC(C(N)=O)CC2)cc1. The smallest absolute Gasteiger partial charge is 0.253 e. The van der Waals surface area contributed by atoms with Crippen LogP contribution in [0.5, 0.6) is 0 Å². The average Bonchev–Trinajstić information content (AvgIpc) is 2.46. The van der Waals surface area contributed by atoms with Gasteiger partial charge in [-0.05, 0) is 37.1 Å². The van der Waals surface area contributed by atoms with Gasteiger partial charge in [0.05, 0.1) is 0 Å². The van der Waals surface area contributed by atoms with Crippen molar-refractivity contribution in [1.82, 2.24) is 4.90 Å². The topological polar surface area (TPSA) is 80.5 Å². The normalized spacial score (nSPS) is 17.8. The van der Waals surface area contributed by atoms with Crippen LogP contribution < -0.4 is 5.73 Å². The first-order valence-electron chi connectivity index (χ1n) is 6.51. The zero-order valence-electron chi connectivity index (χ0n) is 11.4. The number of amides is 2. The number of piperidine rings is 1. The first kappa shape index (κ1) is 14.7. The number of hydrogen-bond acceptors (Lipinski definition) is 3. The Morgan fingerprint density at radius 2 is 1.75 bits per heavy atom. The molecule has 5 nitrogen and oxygen atoms in total. The van der Waals surface area contributed by atoms with Gasteiger partial charge in [0, 0.05) is 46.5 Å². The first-order chi connectivity index (χ1) is 9.49. The van der Waals surface area contributed by atoms with Gasteiger partial charge in [-0.25, -0.2) is 0 Å². The Bertz CT molecular complexity index is 534. The van der Waals surface area contributed by atoms with Crippen LogP contribution in [0.4, 0.5) is 0 Å². The second-order valence-corrected chi connectivity index (χ2v) is 6.33. The van der Waals surface area contributed by atoms with Gasteiger partial charge in [0.15, 0.2) is 0 Å². The molecular formula is C14H18N2O3S. The Balaban J connectivity index is 2.01. The molecule has 1 aromatic rings. The quantitative estimate of drug-likeness (QED) is 0.893. The van der Waals surface area contributed by atoms with Crippen molar-refractivity contribution in [2.45, 2.75) is 17.7 Å². The maximum atomic E-state index is 12.3. The number of carbonyl (C=O) groups is 2. The van der Waals surface area contributed by atoms with E-state index in [-0.39, 0.29) is 17.7 Å². The molecule has 2 amide bonds. The fraction of sp³-hybridized carbons (Fsp3) is 0.429. The molecule has 1 atom stereocenters. The predicted molar refractivity (Wildman–Crippen MR) is 76.6 cm³/mol. The van der Waals surface area contributed by atoms with Gasteiger partial charge < -0.3 is 10.6 Å². The second-order valence-electron chi connectivity index (χ2n) is 4.95. The highest BCUT2D eigenvalue weighted by atomic mass is 32.2. The molecule has 1 aliphatic rings. The minimum atomic E-state index is -1.04. The summed E-state index contributed by atoms with van der Waals surface area (Å²) < 4.78 is 11.3. The summed E-state index contributed by atoms with van der Waals surface area (Å²) in [7, 11) is -1.04. The van der Waals surface area contributed by atoms with Crippen molar-refractivity contribution in [1.29, 1.82) is 0 Å². The summed E-state index contributed by atoms with van der Waals surface area (Å²) in [5.74, 6) is -0.461. The molecule has 20 heavy (non-hydrogen) atoms. The van der Waals surface area contributed by atoms with Crippen molar-refractivity contribution in [2.24, 2.45) is 11.7 Å². The van der Waals surface area contributed by atoms with Crippen molar-refractivity contribution in [3.63, 3.8) is 0 Å². The van der Waals surface area contributed by atoms with Crippen molar-refractivity contribution >= 4 is 22.6 Å². The Morgan fingerprint density at radius 1 is 1.20 bits per heavy atom. The van der Waals surface area contributed by atoms with Gasteiger partial charge in [-0.1, -0.05) is 0 Å². The van der Waals surface area contributed by atoms with Crippen LogP contribution in [0.25, 0.3) is 0 Å². The van der Waals surface area contributed by atoms with Gasteiger partial charge in [0.1, 0.15) is 0 Å². The lowest BCUT2D eigenvalue weighted by Gasteiger charge is -2.30. The van der Waals surface area contributed by atoms with Crippen LogP contribution >= 0.6 is 0 Å². The van der Waals surface area contributed by atoms with Gasteiger partial charge in [-0.15, -0.1) is 0 Å². The van der Waals surface area contributed by atoms with E-state index in [0.717, 1.165) is 0 Å². The molecule has 2 N–H and O–H groups in total.